The van der Waals surface area contributed by atoms with Crippen LogP contribution in [0.4, 0.5) is 0 Å². The number of Topliss-reactive ketones (excluding diaryl/α,β-unsaturated/α-hetero) is 1. The van der Waals surface area contributed by atoms with E-state index in [-0.39, 0.29) is 34.6 Å². The minimum absolute atomic E-state index is 0.0131. The predicted octanol–water partition coefficient (Wildman–Crippen LogP) is 2.92. The largest absolute Gasteiger partial charge is 0.375 e. The number of unbranched alkanes of at least 4 members (excludes halogenated alkanes) is 2. The lowest BCUT2D eigenvalue weighted by Crippen LogP contribution is -2.44. The first-order valence-electron chi connectivity index (χ1n) is 10.4. The van der Waals surface area contributed by atoms with Gasteiger partial charge in [-0.1, -0.05) is 6.42 Å². The van der Waals surface area contributed by atoms with E-state index in [0.29, 0.717) is 51.7 Å². The average Bonchev–Trinajstić information content (AvgIpc) is 2.90. The quantitative estimate of drug-likeness (QED) is 0.352. The molecule has 0 atom stereocenters. The van der Waals surface area contributed by atoms with Gasteiger partial charge in [0.15, 0.2) is 0 Å². The summed E-state index contributed by atoms with van der Waals surface area (Å²) in [5.74, 6) is -0.382. The van der Waals surface area contributed by atoms with Gasteiger partial charge in [-0.15, -0.1) is 0 Å². The Kier molecular flexibility index (Phi) is 9.70. The second-order valence-electron chi connectivity index (χ2n) is 8.96. The molecule has 7 heteroatoms. The van der Waals surface area contributed by atoms with Crippen molar-refractivity contribution in [2.75, 3.05) is 13.2 Å². The van der Waals surface area contributed by atoms with Crippen LogP contribution in [-0.4, -0.2) is 52.7 Å². The summed E-state index contributed by atoms with van der Waals surface area (Å²) in [6.07, 6.45) is 7.02. The molecule has 0 saturated heterocycles. The summed E-state index contributed by atoms with van der Waals surface area (Å²) < 4.78 is 5.91. The Morgan fingerprint density at radius 1 is 0.966 bits per heavy atom. The highest BCUT2D eigenvalue weighted by Gasteiger charge is 2.24. The van der Waals surface area contributed by atoms with Gasteiger partial charge in [0, 0.05) is 43.7 Å². The van der Waals surface area contributed by atoms with E-state index in [1.54, 1.807) is 6.92 Å². The molecule has 0 aromatic heterocycles. The molecule has 0 radical (unpaired) electrons. The van der Waals surface area contributed by atoms with Gasteiger partial charge in [-0.05, 0) is 60.3 Å². The molecule has 0 bridgehead atoms. The number of nitrogens with one attached hydrogen (secondary N) is 1. The molecule has 164 valence electrons. The minimum atomic E-state index is -0.381. The van der Waals surface area contributed by atoms with E-state index >= 15 is 0 Å². The molecule has 0 unspecified atom stereocenters. The number of imide groups is 1. The van der Waals surface area contributed by atoms with Crippen molar-refractivity contribution in [2.24, 2.45) is 0 Å². The maximum absolute atomic E-state index is 12.2. The summed E-state index contributed by atoms with van der Waals surface area (Å²) in [6, 6.07) is 0. The van der Waals surface area contributed by atoms with E-state index in [0.717, 1.165) is 6.42 Å². The highest BCUT2D eigenvalue weighted by Crippen LogP contribution is 2.19. The second-order valence-corrected chi connectivity index (χ2v) is 8.96. The van der Waals surface area contributed by atoms with Crippen molar-refractivity contribution >= 4 is 23.5 Å². The highest BCUT2D eigenvalue weighted by atomic mass is 16.5. The number of hydrogen-bond acceptors (Lipinski definition) is 5. The monoisotopic (exact) mass is 408 g/mol. The molecule has 1 heterocycles. The topological polar surface area (TPSA) is 92.8 Å². The third-order valence-electron chi connectivity index (χ3n) is 4.96. The van der Waals surface area contributed by atoms with Crippen LogP contribution in [0.3, 0.4) is 0 Å². The standard InChI is InChI=1S/C22H36N2O5/c1-17(25)12-13-22(4,5)29-16-14-21(2,3)23-18(26)9-7-6-8-15-24-19(27)10-11-20(24)28/h10-11H,6-9,12-16H2,1-5H3,(H,23,26). The maximum atomic E-state index is 12.2. The van der Waals surface area contributed by atoms with Crippen molar-refractivity contribution in [3.8, 4) is 0 Å². The lowest BCUT2D eigenvalue weighted by atomic mass is 9.99. The summed E-state index contributed by atoms with van der Waals surface area (Å²) in [5, 5.41) is 3.04. The number of nitrogens with zero attached hydrogens (tertiary/aromatic N) is 1. The van der Waals surface area contributed by atoms with Crippen molar-refractivity contribution in [3.63, 3.8) is 0 Å². The molecule has 1 N–H and O–H groups in total. The van der Waals surface area contributed by atoms with E-state index in [2.05, 4.69) is 5.32 Å². The van der Waals surface area contributed by atoms with Crippen LogP contribution in [0.25, 0.3) is 0 Å². The van der Waals surface area contributed by atoms with Gasteiger partial charge in [-0.25, -0.2) is 0 Å². The first-order chi connectivity index (χ1) is 13.4. The lowest BCUT2D eigenvalue weighted by Gasteiger charge is -2.30. The van der Waals surface area contributed by atoms with E-state index in [1.807, 2.05) is 27.7 Å². The number of amides is 3. The molecule has 0 aromatic carbocycles. The van der Waals surface area contributed by atoms with Crippen LogP contribution in [-0.2, 0) is 23.9 Å². The van der Waals surface area contributed by atoms with Gasteiger partial charge in [0.05, 0.1) is 5.60 Å². The number of carbonyl (C=O) groups is 4. The normalized spacial score (nSPS) is 14.6. The fraction of sp³-hybridized carbons (Fsp3) is 0.727. The van der Waals surface area contributed by atoms with Crippen molar-refractivity contribution in [1.29, 1.82) is 0 Å². The van der Waals surface area contributed by atoms with Gasteiger partial charge in [-0.3, -0.25) is 19.3 Å². The van der Waals surface area contributed by atoms with Gasteiger partial charge < -0.3 is 14.8 Å². The number of rotatable bonds is 14. The summed E-state index contributed by atoms with van der Waals surface area (Å²) in [6.45, 7) is 10.4. The van der Waals surface area contributed by atoms with Crippen LogP contribution in [0.5, 0.6) is 0 Å². The van der Waals surface area contributed by atoms with Crippen LogP contribution in [0, 0.1) is 0 Å². The zero-order chi connectivity index (χ0) is 22.1. The van der Waals surface area contributed by atoms with Crippen molar-refractivity contribution < 1.29 is 23.9 Å². The molecule has 29 heavy (non-hydrogen) atoms. The Hall–Kier alpha value is -2.02. The summed E-state index contributed by atoms with van der Waals surface area (Å²) in [4.78, 5) is 47.5. The lowest BCUT2D eigenvalue weighted by molar-refractivity contribution is -0.137. The molecular weight excluding hydrogens is 372 g/mol. The number of ketones is 1. The Balaban J connectivity index is 2.19. The zero-order valence-corrected chi connectivity index (χ0v) is 18.5. The number of carbonyl (C=O) groups excluding carboxylic acids is 4. The molecule has 1 aliphatic heterocycles. The average molecular weight is 409 g/mol. The fourth-order valence-corrected chi connectivity index (χ4v) is 3.02. The molecule has 7 nitrogen and oxygen atoms in total. The highest BCUT2D eigenvalue weighted by molar-refractivity contribution is 6.12. The summed E-state index contributed by atoms with van der Waals surface area (Å²) >= 11 is 0. The van der Waals surface area contributed by atoms with Crippen molar-refractivity contribution in [1.82, 2.24) is 10.2 Å². The molecule has 3 amide bonds. The second kappa shape index (κ2) is 11.2. The molecule has 1 rings (SSSR count). The third kappa shape index (κ3) is 10.4. The molecular formula is C22H36N2O5. The molecule has 0 fully saturated rings. The summed E-state index contributed by atoms with van der Waals surface area (Å²) in [7, 11) is 0. The van der Waals surface area contributed by atoms with E-state index in [9.17, 15) is 19.2 Å². The SMILES string of the molecule is CC(=O)CCC(C)(C)OCCC(C)(C)NC(=O)CCCCCN1C(=O)C=CC1=O. The smallest absolute Gasteiger partial charge is 0.253 e. The van der Waals surface area contributed by atoms with Gasteiger partial charge in [0.2, 0.25) is 5.91 Å². The third-order valence-corrected chi connectivity index (χ3v) is 4.96. The van der Waals surface area contributed by atoms with Crippen LogP contribution < -0.4 is 5.32 Å². The number of hydrogen-bond donors (Lipinski definition) is 1. The van der Waals surface area contributed by atoms with Crippen LogP contribution in [0.15, 0.2) is 12.2 Å². The molecule has 0 aliphatic carbocycles. The molecule has 0 saturated carbocycles. The molecule has 0 aromatic rings. The Bertz CT molecular complexity index is 619. The molecule has 0 spiro atoms. The number of ether oxygens (including phenoxy) is 1. The van der Waals surface area contributed by atoms with Gasteiger partial charge >= 0.3 is 0 Å². The van der Waals surface area contributed by atoms with Gasteiger partial charge in [0.1, 0.15) is 5.78 Å². The van der Waals surface area contributed by atoms with Gasteiger partial charge in [-0.2, -0.15) is 0 Å². The van der Waals surface area contributed by atoms with E-state index in [4.69, 9.17) is 4.74 Å². The summed E-state index contributed by atoms with van der Waals surface area (Å²) in [5.41, 5.74) is -0.743. The Morgan fingerprint density at radius 2 is 1.59 bits per heavy atom. The maximum Gasteiger partial charge on any atom is 0.253 e. The van der Waals surface area contributed by atoms with Gasteiger partial charge in [0.25, 0.3) is 11.8 Å². The Morgan fingerprint density at radius 3 is 2.17 bits per heavy atom. The first-order valence-corrected chi connectivity index (χ1v) is 10.4. The van der Waals surface area contributed by atoms with Crippen LogP contribution >= 0.6 is 0 Å². The predicted molar refractivity (Wildman–Crippen MR) is 111 cm³/mol. The Labute approximate surface area is 174 Å². The van der Waals surface area contributed by atoms with E-state index in [1.165, 1.54) is 17.1 Å². The van der Waals surface area contributed by atoms with E-state index < -0.39 is 0 Å². The van der Waals surface area contributed by atoms with Crippen LogP contribution in [0.1, 0.15) is 79.6 Å². The zero-order valence-electron chi connectivity index (χ0n) is 18.5. The van der Waals surface area contributed by atoms with Crippen molar-refractivity contribution in [3.05, 3.63) is 12.2 Å². The molecule has 1 aliphatic rings. The van der Waals surface area contributed by atoms with Crippen LogP contribution in [0.2, 0.25) is 0 Å². The fourth-order valence-electron chi connectivity index (χ4n) is 3.02. The first kappa shape index (κ1) is 25.0. The minimum Gasteiger partial charge on any atom is -0.375 e. The van der Waals surface area contributed by atoms with Crippen molar-refractivity contribution in [2.45, 2.75) is 90.7 Å².